The summed E-state index contributed by atoms with van der Waals surface area (Å²) < 4.78 is 0. The first-order valence-electron chi connectivity index (χ1n) is 8.16. The predicted molar refractivity (Wildman–Crippen MR) is 86.1 cm³/mol. The second kappa shape index (κ2) is 4.08. The number of phenols is 1. The molecule has 1 aromatic rings. The van der Waals surface area contributed by atoms with Crippen molar-refractivity contribution in [1.29, 1.82) is 0 Å². The van der Waals surface area contributed by atoms with Crippen LogP contribution in [0.15, 0.2) is 18.2 Å². The molecule has 2 amide bonds. The van der Waals surface area contributed by atoms with Crippen molar-refractivity contribution in [3.05, 3.63) is 23.8 Å². The van der Waals surface area contributed by atoms with E-state index >= 15 is 0 Å². The number of para-hydroxylation sites is 1. The zero-order valence-corrected chi connectivity index (χ0v) is 13.6. The number of carbonyl (C=O) groups excluding carboxylic acids is 2. The molecule has 1 spiro atoms. The molecule has 3 aliphatic rings. The van der Waals surface area contributed by atoms with Crippen LogP contribution in [0.2, 0.25) is 0 Å². The fourth-order valence-corrected chi connectivity index (χ4v) is 5.99. The van der Waals surface area contributed by atoms with Crippen molar-refractivity contribution < 1.29 is 14.7 Å². The van der Waals surface area contributed by atoms with Crippen LogP contribution in [0, 0.1) is 22.2 Å². The van der Waals surface area contributed by atoms with Crippen LogP contribution in [0.3, 0.4) is 0 Å². The fourth-order valence-electron chi connectivity index (χ4n) is 5.99. The van der Waals surface area contributed by atoms with Gasteiger partial charge in [-0.3, -0.25) is 9.59 Å². The molecule has 4 rings (SSSR count). The molecule has 23 heavy (non-hydrogen) atoms. The monoisotopic (exact) mass is 314 g/mol. The Hall–Kier alpha value is -2.04. The maximum absolute atomic E-state index is 12.6. The Morgan fingerprint density at radius 2 is 2.13 bits per heavy atom. The van der Waals surface area contributed by atoms with Crippen molar-refractivity contribution in [3.8, 4) is 5.75 Å². The molecule has 1 aromatic carbocycles. The number of fused-ring (bicyclic) bond motifs is 1. The molecule has 3 N–H and O–H groups in total. The minimum atomic E-state index is -0.276. The molecule has 3 fully saturated rings. The molecule has 0 aromatic heterocycles. The van der Waals surface area contributed by atoms with Crippen LogP contribution in [-0.4, -0.2) is 23.5 Å². The van der Waals surface area contributed by atoms with Crippen LogP contribution >= 0.6 is 0 Å². The lowest BCUT2D eigenvalue weighted by atomic mass is 9.83. The molecule has 3 saturated carbocycles. The predicted octanol–water partition coefficient (Wildman–Crippen LogP) is 2.52. The van der Waals surface area contributed by atoms with Crippen LogP contribution in [0.4, 0.5) is 5.69 Å². The lowest BCUT2D eigenvalue weighted by molar-refractivity contribution is -0.105. The number of amides is 2. The molecule has 122 valence electrons. The van der Waals surface area contributed by atoms with Gasteiger partial charge in [-0.25, -0.2) is 0 Å². The maximum atomic E-state index is 12.6. The zero-order valence-electron chi connectivity index (χ0n) is 13.6. The summed E-state index contributed by atoms with van der Waals surface area (Å²) in [7, 11) is 0. The van der Waals surface area contributed by atoms with E-state index in [9.17, 15) is 14.7 Å². The van der Waals surface area contributed by atoms with E-state index in [1.54, 1.807) is 18.2 Å². The molecule has 0 radical (unpaired) electrons. The third kappa shape index (κ3) is 1.39. The average molecular weight is 314 g/mol. The van der Waals surface area contributed by atoms with Crippen molar-refractivity contribution in [3.63, 3.8) is 0 Å². The number of carbonyl (C=O) groups is 2. The van der Waals surface area contributed by atoms with Crippen LogP contribution in [0.5, 0.6) is 5.75 Å². The number of anilines is 1. The standard InChI is InChI=1S/C18H22N2O3/c1-10-7-13(17(3)16(2)8-18(10,16)17)20-15(23)11-5-4-6-12(14(11)22)19-9-21/h4-6,9-10,13,22H,7-8H2,1-3H3,(H,19,21)(H,20,23). The lowest BCUT2D eigenvalue weighted by Gasteiger charge is -2.29. The Balaban J connectivity index is 1.56. The summed E-state index contributed by atoms with van der Waals surface area (Å²) in [6, 6.07) is 4.93. The highest BCUT2D eigenvalue weighted by Gasteiger charge is 2.99. The topological polar surface area (TPSA) is 78.4 Å². The summed E-state index contributed by atoms with van der Waals surface area (Å²) in [5.74, 6) is 0.164. The van der Waals surface area contributed by atoms with Gasteiger partial charge in [-0.05, 0) is 41.7 Å². The summed E-state index contributed by atoms with van der Waals surface area (Å²) in [6.45, 7) is 6.90. The number of hydrogen-bond donors (Lipinski definition) is 3. The van der Waals surface area contributed by atoms with Gasteiger partial charge >= 0.3 is 0 Å². The molecular weight excluding hydrogens is 292 g/mol. The molecule has 5 atom stereocenters. The van der Waals surface area contributed by atoms with Gasteiger partial charge < -0.3 is 15.7 Å². The zero-order chi connectivity index (χ0) is 16.6. The number of rotatable bonds is 4. The van der Waals surface area contributed by atoms with Gasteiger partial charge in [0.1, 0.15) is 0 Å². The molecule has 5 unspecified atom stereocenters. The highest BCUT2D eigenvalue weighted by molar-refractivity contribution is 5.99. The number of phenolic OH excluding ortho intramolecular Hbond substituents is 1. The second-order valence-corrected chi connectivity index (χ2v) is 7.81. The lowest BCUT2D eigenvalue weighted by Crippen LogP contribution is -2.42. The highest BCUT2D eigenvalue weighted by atomic mass is 16.3. The molecular formula is C18H22N2O3. The van der Waals surface area contributed by atoms with Crippen molar-refractivity contribution in [2.75, 3.05) is 5.32 Å². The Bertz CT molecular complexity index is 733. The fraction of sp³-hybridized carbons (Fsp3) is 0.556. The summed E-state index contributed by atoms with van der Waals surface area (Å²) >= 11 is 0. The van der Waals surface area contributed by atoms with E-state index in [-0.39, 0.29) is 34.4 Å². The van der Waals surface area contributed by atoms with E-state index < -0.39 is 0 Å². The van der Waals surface area contributed by atoms with Crippen LogP contribution in [0.25, 0.3) is 0 Å². The van der Waals surface area contributed by atoms with Crippen molar-refractivity contribution in [2.45, 2.75) is 39.7 Å². The molecule has 3 aliphatic carbocycles. The van der Waals surface area contributed by atoms with Gasteiger partial charge in [0.2, 0.25) is 6.41 Å². The molecule has 0 saturated heterocycles. The smallest absolute Gasteiger partial charge is 0.255 e. The molecule has 0 bridgehead atoms. The Morgan fingerprint density at radius 1 is 1.39 bits per heavy atom. The molecule has 5 heteroatoms. The Morgan fingerprint density at radius 3 is 2.70 bits per heavy atom. The van der Waals surface area contributed by atoms with Gasteiger partial charge in [0.25, 0.3) is 5.91 Å². The first-order valence-corrected chi connectivity index (χ1v) is 8.16. The van der Waals surface area contributed by atoms with Gasteiger partial charge in [0, 0.05) is 11.5 Å². The largest absolute Gasteiger partial charge is 0.505 e. The Kier molecular flexibility index (Phi) is 2.58. The molecule has 0 aliphatic heterocycles. The van der Waals surface area contributed by atoms with E-state index in [2.05, 4.69) is 31.4 Å². The van der Waals surface area contributed by atoms with E-state index in [0.29, 0.717) is 23.2 Å². The number of aromatic hydroxyl groups is 1. The Labute approximate surface area is 135 Å². The number of benzene rings is 1. The summed E-state index contributed by atoms with van der Waals surface area (Å²) in [5.41, 5.74) is 1.42. The van der Waals surface area contributed by atoms with E-state index in [1.165, 1.54) is 6.42 Å². The van der Waals surface area contributed by atoms with Crippen molar-refractivity contribution >= 4 is 18.0 Å². The van der Waals surface area contributed by atoms with Gasteiger partial charge in [-0.2, -0.15) is 0 Å². The highest BCUT2D eigenvalue weighted by Crippen LogP contribution is 3.03. The summed E-state index contributed by atoms with van der Waals surface area (Å²) in [5, 5.41) is 15.7. The third-order valence-electron chi connectivity index (χ3n) is 7.43. The van der Waals surface area contributed by atoms with Crippen LogP contribution < -0.4 is 10.6 Å². The minimum Gasteiger partial charge on any atom is -0.505 e. The SMILES string of the molecule is CC1CC(NC(=O)c2cccc(NC=O)c2O)C2(C)C3(C)CC132. The summed E-state index contributed by atoms with van der Waals surface area (Å²) in [6.07, 6.45) is 2.75. The first-order chi connectivity index (χ1) is 10.8. The van der Waals surface area contributed by atoms with Crippen LogP contribution in [-0.2, 0) is 4.79 Å². The first kappa shape index (κ1) is 14.5. The van der Waals surface area contributed by atoms with Gasteiger partial charge in [-0.1, -0.05) is 26.8 Å². The number of hydrogen-bond acceptors (Lipinski definition) is 3. The maximum Gasteiger partial charge on any atom is 0.255 e. The molecule has 0 heterocycles. The van der Waals surface area contributed by atoms with Crippen molar-refractivity contribution in [1.82, 2.24) is 5.32 Å². The van der Waals surface area contributed by atoms with E-state index in [1.807, 2.05) is 0 Å². The van der Waals surface area contributed by atoms with E-state index in [4.69, 9.17) is 0 Å². The van der Waals surface area contributed by atoms with E-state index in [0.717, 1.165) is 6.42 Å². The third-order valence-corrected chi connectivity index (χ3v) is 7.43. The van der Waals surface area contributed by atoms with Gasteiger partial charge in [0.05, 0.1) is 11.3 Å². The minimum absolute atomic E-state index is 0.144. The normalized spacial score (nSPS) is 42.4. The van der Waals surface area contributed by atoms with Crippen molar-refractivity contribution in [2.24, 2.45) is 22.2 Å². The van der Waals surface area contributed by atoms with Crippen LogP contribution in [0.1, 0.15) is 44.0 Å². The average Bonchev–Trinajstić information content (AvgIpc) is 3.26. The van der Waals surface area contributed by atoms with Gasteiger partial charge in [-0.15, -0.1) is 0 Å². The summed E-state index contributed by atoms with van der Waals surface area (Å²) in [4.78, 5) is 23.2. The number of nitrogens with one attached hydrogen (secondary N) is 2. The quantitative estimate of drug-likeness (QED) is 0.590. The molecule has 5 nitrogen and oxygen atoms in total. The second-order valence-electron chi connectivity index (χ2n) is 7.81. The van der Waals surface area contributed by atoms with Gasteiger partial charge in [0.15, 0.2) is 5.75 Å².